The zero-order valence-electron chi connectivity index (χ0n) is 11.5. The molecule has 0 amide bonds. The molecule has 3 nitrogen and oxygen atoms in total. The average molecular weight is 342 g/mol. The van der Waals surface area contributed by atoms with E-state index in [9.17, 15) is 0 Å². The molecular formula is C17H16BrN3. The molecule has 0 radical (unpaired) electrons. The number of hydrogen-bond acceptors (Lipinski definition) is 3. The Morgan fingerprint density at radius 2 is 1.90 bits per heavy atom. The number of nitrogens with two attached hydrogens (primary N) is 1. The van der Waals surface area contributed by atoms with Crippen LogP contribution in [0.4, 0.5) is 0 Å². The van der Waals surface area contributed by atoms with Crippen LogP contribution >= 0.6 is 15.9 Å². The van der Waals surface area contributed by atoms with Gasteiger partial charge in [0.15, 0.2) is 0 Å². The summed E-state index contributed by atoms with van der Waals surface area (Å²) < 4.78 is 1.08. The number of rotatable bonds is 4. The first kappa shape index (κ1) is 14.2. The Morgan fingerprint density at radius 1 is 1.10 bits per heavy atom. The molecule has 3 rings (SSSR count). The van der Waals surface area contributed by atoms with E-state index in [-0.39, 0.29) is 6.04 Å². The fourth-order valence-corrected chi connectivity index (χ4v) is 3.01. The molecule has 106 valence electrons. The molecule has 0 saturated carbocycles. The van der Waals surface area contributed by atoms with Crippen molar-refractivity contribution < 1.29 is 0 Å². The van der Waals surface area contributed by atoms with Gasteiger partial charge in [-0.2, -0.15) is 0 Å². The Morgan fingerprint density at radius 3 is 2.71 bits per heavy atom. The van der Waals surface area contributed by atoms with Crippen LogP contribution in [0.5, 0.6) is 0 Å². The van der Waals surface area contributed by atoms with Crippen molar-refractivity contribution in [2.75, 3.05) is 0 Å². The number of pyridine rings is 1. The molecule has 1 heterocycles. The standard InChI is InChI=1S/C17H16BrN3/c18-14-7-1-4-12(10-14)11-16(21-19)15-8-2-5-13-6-3-9-20-17(13)15/h1-10,16,21H,11,19H2. The maximum Gasteiger partial charge on any atom is 0.0750 e. The predicted molar refractivity (Wildman–Crippen MR) is 89.7 cm³/mol. The van der Waals surface area contributed by atoms with E-state index in [0.29, 0.717) is 0 Å². The molecule has 4 heteroatoms. The van der Waals surface area contributed by atoms with Gasteiger partial charge in [0.1, 0.15) is 0 Å². The monoisotopic (exact) mass is 341 g/mol. The van der Waals surface area contributed by atoms with Gasteiger partial charge in [0, 0.05) is 16.1 Å². The highest BCUT2D eigenvalue weighted by Crippen LogP contribution is 2.25. The van der Waals surface area contributed by atoms with Crippen LogP contribution < -0.4 is 11.3 Å². The minimum atomic E-state index is 0.0258. The van der Waals surface area contributed by atoms with E-state index in [1.165, 1.54) is 5.56 Å². The Labute approximate surface area is 132 Å². The maximum atomic E-state index is 5.79. The smallest absolute Gasteiger partial charge is 0.0750 e. The normalized spacial score (nSPS) is 12.5. The van der Waals surface area contributed by atoms with E-state index in [0.717, 1.165) is 27.4 Å². The van der Waals surface area contributed by atoms with Crippen LogP contribution in [0, 0.1) is 0 Å². The van der Waals surface area contributed by atoms with Crippen LogP contribution in [0.1, 0.15) is 17.2 Å². The number of nitrogens with zero attached hydrogens (tertiary/aromatic N) is 1. The van der Waals surface area contributed by atoms with Crippen molar-refractivity contribution >= 4 is 26.8 Å². The van der Waals surface area contributed by atoms with Gasteiger partial charge in [-0.3, -0.25) is 16.3 Å². The molecule has 1 atom stereocenters. The third-order valence-electron chi connectivity index (χ3n) is 3.57. The van der Waals surface area contributed by atoms with E-state index in [4.69, 9.17) is 5.84 Å². The van der Waals surface area contributed by atoms with Crippen molar-refractivity contribution in [3.63, 3.8) is 0 Å². The first-order valence-electron chi connectivity index (χ1n) is 6.82. The number of nitrogens with one attached hydrogen (secondary N) is 1. The molecule has 0 aliphatic rings. The molecule has 0 bridgehead atoms. The number of benzene rings is 2. The number of hydrazine groups is 1. The molecule has 3 N–H and O–H groups in total. The summed E-state index contributed by atoms with van der Waals surface area (Å²) in [7, 11) is 0. The predicted octanol–water partition coefficient (Wildman–Crippen LogP) is 3.74. The third-order valence-corrected chi connectivity index (χ3v) is 4.06. The number of fused-ring (bicyclic) bond motifs is 1. The van der Waals surface area contributed by atoms with Gasteiger partial charge in [-0.15, -0.1) is 0 Å². The molecule has 0 spiro atoms. The first-order chi connectivity index (χ1) is 10.3. The van der Waals surface area contributed by atoms with Crippen LogP contribution in [-0.2, 0) is 6.42 Å². The molecule has 0 fully saturated rings. The summed E-state index contributed by atoms with van der Waals surface area (Å²) >= 11 is 3.51. The summed E-state index contributed by atoms with van der Waals surface area (Å²) in [6.45, 7) is 0. The Hall–Kier alpha value is -1.75. The fraction of sp³-hybridized carbons (Fsp3) is 0.118. The molecule has 0 aliphatic heterocycles. The molecule has 21 heavy (non-hydrogen) atoms. The lowest BCUT2D eigenvalue weighted by Crippen LogP contribution is -2.29. The summed E-state index contributed by atoms with van der Waals surface area (Å²) in [6.07, 6.45) is 2.63. The van der Waals surface area contributed by atoms with Gasteiger partial charge in [-0.1, -0.05) is 52.3 Å². The molecular weight excluding hydrogens is 326 g/mol. The molecule has 1 aromatic heterocycles. The van der Waals surface area contributed by atoms with Gasteiger partial charge in [0.2, 0.25) is 0 Å². The lowest BCUT2D eigenvalue weighted by atomic mass is 9.97. The van der Waals surface area contributed by atoms with Gasteiger partial charge < -0.3 is 0 Å². The Kier molecular flexibility index (Phi) is 4.29. The highest BCUT2D eigenvalue weighted by Gasteiger charge is 2.14. The summed E-state index contributed by atoms with van der Waals surface area (Å²) in [5.41, 5.74) is 6.26. The van der Waals surface area contributed by atoms with Gasteiger partial charge in [-0.25, -0.2) is 0 Å². The van der Waals surface area contributed by atoms with E-state index in [2.05, 4.69) is 56.7 Å². The molecule has 2 aromatic carbocycles. The maximum absolute atomic E-state index is 5.79. The zero-order valence-corrected chi connectivity index (χ0v) is 13.0. The summed E-state index contributed by atoms with van der Waals surface area (Å²) in [5, 5.41) is 1.13. The molecule has 0 aliphatic carbocycles. The second-order valence-corrected chi connectivity index (χ2v) is 5.89. The van der Waals surface area contributed by atoms with E-state index < -0.39 is 0 Å². The topological polar surface area (TPSA) is 50.9 Å². The van der Waals surface area contributed by atoms with Crippen molar-refractivity contribution in [3.8, 4) is 0 Å². The second-order valence-electron chi connectivity index (χ2n) is 4.98. The SMILES string of the molecule is NNC(Cc1cccc(Br)c1)c1cccc2cccnc12. The van der Waals surface area contributed by atoms with E-state index >= 15 is 0 Å². The lowest BCUT2D eigenvalue weighted by Gasteiger charge is -2.18. The molecule has 1 unspecified atom stereocenters. The lowest BCUT2D eigenvalue weighted by molar-refractivity contribution is 0.554. The van der Waals surface area contributed by atoms with Crippen molar-refractivity contribution in [2.24, 2.45) is 5.84 Å². The van der Waals surface area contributed by atoms with Crippen LogP contribution in [0.3, 0.4) is 0 Å². The van der Waals surface area contributed by atoms with Crippen LogP contribution in [-0.4, -0.2) is 4.98 Å². The van der Waals surface area contributed by atoms with Crippen LogP contribution in [0.25, 0.3) is 10.9 Å². The average Bonchev–Trinajstić information content (AvgIpc) is 2.52. The Bertz CT molecular complexity index is 752. The Balaban J connectivity index is 1.98. The first-order valence-corrected chi connectivity index (χ1v) is 7.61. The third kappa shape index (κ3) is 3.13. The molecule has 3 aromatic rings. The quantitative estimate of drug-likeness (QED) is 0.561. The van der Waals surface area contributed by atoms with Crippen molar-refractivity contribution in [1.29, 1.82) is 0 Å². The molecule has 0 saturated heterocycles. The van der Waals surface area contributed by atoms with Gasteiger partial charge >= 0.3 is 0 Å². The van der Waals surface area contributed by atoms with Crippen molar-refractivity contribution in [3.05, 3.63) is 76.4 Å². The van der Waals surface area contributed by atoms with Crippen LogP contribution in [0.2, 0.25) is 0 Å². The highest BCUT2D eigenvalue weighted by atomic mass is 79.9. The van der Waals surface area contributed by atoms with Crippen LogP contribution in [0.15, 0.2) is 65.3 Å². The number of aromatic nitrogens is 1. The fourth-order valence-electron chi connectivity index (χ4n) is 2.57. The summed E-state index contributed by atoms with van der Waals surface area (Å²) in [5.74, 6) is 5.79. The zero-order chi connectivity index (χ0) is 14.7. The second kappa shape index (κ2) is 6.35. The van der Waals surface area contributed by atoms with Gasteiger partial charge in [-0.05, 0) is 35.7 Å². The highest BCUT2D eigenvalue weighted by molar-refractivity contribution is 9.10. The number of hydrogen-bond donors (Lipinski definition) is 2. The number of halogens is 1. The number of para-hydroxylation sites is 1. The largest absolute Gasteiger partial charge is 0.271 e. The van der Waals surface area contributed by atoms with E-state index in [1.807, 2.05) is 30.5 Å². The van der Waals surface area contributed by atoms with Gasteiger partial charge in [0.05, 0.1) is 11.6 Å². The van der Waals surface area contributed by atoms with E-state index in [1.54, 1.807) is 0 Å². The van der Waals surface area contributed by atoms with Gasteiger partial charge in [0.25, 0.3) is 0 Å². The summed E-state index contributed by atoms with van der Waals surface area (Å²) in [6, 6.07) is 18.5. The minimum Gasteiger partial charge on any atom is -0.271 e. The summed E-state index contributed by atoms with van der Waals surface area (Å²) in [4.78, 5) is 4.50. The van der Waals surface area contributed by atoms with Crippen molar-refractivity contribution in [2.45, 2.75) is 12.5 Å². The minimum absolute atomic E-state index is 0.0258. The van der Waals surface area contributed by atoms with Crippen molar-refractivity contribution in [1.82, 2.24) is 10.4 Å².